The molecule has 18 heavy (non-hydrogen) atoms. The molecule has 2 unspecified atom stereocenters. The summed E-state index contributed by atoms with van der Waals surface area (Å²) in [5.41, 5.74) is 2.06. The second kappa shape index (κ2) is 5.45. The lowest BCUT2D eigenvalue weighted by Gasteiger charge is -2.16. The van der Waals surface area contributed by atoms with E-state index in [2.05, 4.69) is 15.7 Å². The lowest BCUT2D eigenvalue weighted by atomic mass is 10.1. The fourth-order valence-electron chi connectivity index (χ4n) is 2.17. The summed E-state index contributed by atoms with van der Waals surface area (Å²) in [6.45, 7) is 0.404. The van der Waals surface area contributed by atoms with Gasteiger partial charge in [0, 0.05) is 18.5 Å². The van der Waals surface area contributed by atoms with Crippen molar-refractivity contribution >= 4 is 11.6 Å². The highest BCUT2D eigenvalue weighted by molar-refractivity contribution is 5.46. The van der Waals surface area contributed by atoms with Gasteiger partial charge in [0.25, 0.3) is 0 Å². The van der Waals surface area contributed by atoms with Crippen molar-refractivity contribution in [3.05, 3.63) is 17.7 Å². The number of aliphatic hydroxyl groups is 1. The average molecular weight is 258 g/mol. The van der Waals surface area contributed by atoms with E-state index in [1.54, 1.807) is 0 Å². The zero-order chi connectivity index (χ0) is 13.1. The number of nitrogens with one attached hydrogen (secondary N) is 2. The Hall–Kier alpha value is -1.47. The smallest absolute Gasteiger partial charge is 0.178 e. The number of halogens is 2. The van der Waals surface area contributed by atoms with Crippen molar-refractivity contribution < 1.29 is 13.9 Å². The maximum atomic E-state index is 13.4. The number of hydrogen-bond acceptors (Lipinski definition) is 5. The van der Waals surface area contributed by atoms with Gasteiger partial charge in [-0.3, -0.25) is 0 Å². The normalized spacial score (nSPS) is 23.1. The number of nitrogens with two attached hydrogens (primary N) is 1. The molecule has 5 nitrogen and oxygen atoms in total. The fourth-order valence-corrected chi connectivity index (χ4v) is 2.17. The highest BCUT2D eigenvalue weighted by atomic mass is 19.1. The summed E-state index contributed by atoms with van der Waals surface area (Å²) in [5.74, 6) is 3.23. The van der Waals surface area contributed by atoms with E-state index in [9.17, 15) is 13.9 Å². The molecule has 0 bridgehead atoms. The maximum absolute atomic E-state index is 13.4. The second-order valence-corrected chi connectivity index (χ2v) is 4.43. The summed E-state index contributed by atoms with van der Waals surface area (Å²) in [6, 6.07) is 0.718. The first-order valence-electron chi connectivity index (χ1n) is 5.86. The third kappa shape index (κ3) is 2.68. The van der Waals surface area contributed by atoms with E-state index < -0.39 is 11.6 Å². The summed E-state index contributed by atoms with van der Waals surface area (Å²) in [6.07, 6.45) is 2.25. The van der Waals surface area contributed by atoms with E-state index in [1.807, 2.05) is 0 Å². The number of hydrazine groups is 1. The third-order valence-electron chi connectivity index (χ3n) is 3.22. The molecule has 2 rings (SSSR count). The summed E-state index contributed by atoms with van der Waals surface area (Å²) < 4.78 is 26.6. The molecule has 0 amide bonds. The molecular weight excluding hydrogens is 242 g/mol. The van der Waals surface area contributed by atoms with E-state index in [1.165, 1.54) is 0 Å². The Bertz CT molecular complexity index is 430. The van der Waals surface area contributed by atoms with Crippen LogP contribution >= 0.6 is 0 Å². The molecule has 1 fully saturated rings. The predicted molar refractivity (Wildman–Crippen MR) is 63.8 cm³/mol. The Balaban J connectivity index is 2.04. The first kappa shape index (κ1) is 13.0. The molecule has 1 saturated carbocycles. The molecule has 2 atom stereocenters. The Morgan fingerprint density at radius 1 is 1.33 bits per heavy atom. The van der Waals surface area contributed by atoms with Crippen LogP contribution in [0.2, 0.25) is 0 Å². The lowest BCUT2D eigenvalue weighted by Crippen LogP contribution is -2.23. The largest absolute Gasteiger partial charge is 0.393 e. The Labute approximate surface area is 103 Å². The number of anilines is 2. The first-order valence-corrected chi connectivity index (χ1v) is 5.86. The summed E-state index contributed by atoms with van der Waals surface area (Å²) in [4.78, 5) is 3.70. The van der Waals surface area contributed by atoms with Crippen LogP contribution < -0.4 is 16.6 Å². The van der Waals surface area contributed by atoms with Crippen LogP contribution in [0.15, 0.2) is 6.07 Å². The zero-order valence-corrected chi connectivity index (χ0v) is 9.79. The quantitative estimate of drug-likeness (QED) is 0.482. The predicted octanol–water partition coefficient (Wildman–Crippen LogP) is 1.22. The Kier molecular flexibility index (Phi) is 3.93. The molecule has 0 aliphatic heterocycles. The van der Waals surface area contributed by atoms with Gasteiger partial charge < -0.3 is 15.8 Å². The van der Waals surface area contributed by atoms with Crippen LogP contribution in [0.4, 0.5) is 20.4 Å². The molecule has 7 heteroatoms. The van der Waals surface area contributed by atoms with Crippen LogP contribution in [-0.2, 0) is 0 Å². The lowest BCUT2D eigenvalue weighted by molar-refractivity contribution is 0.138. The molecule has 0 saturated heterocycles. The van der Waals surface area contributed by atoms with Crippen LogP contribution in [-0.4, -0.2) is 22.7 Å². The standard InChI is InChI=1S/C11H16F2N4O/c12-7-4-8(13)11(17-14)16-10(7)15-5-6-2-1-3-9(6)18/h4,6,9,18H,1-3,5,14H2,(H2,15,16,17). The van der Waals surface area contributed by atoms with Gasteiger partial charge in [-0.25, -0.2) is 19.6 Å². The van der Waals surface area contributed by atoms with Crippen LogP contribution in [0.25, 0.3) is 0 Å². The van der Waals surface area contributed by atoms with Gasteiger partial charge in [-0.15, -0.1) is 0 Å². The minimum atomic E-state index is -0.846. The molecule has 1 aromatic heterocycles. The molecular formula is C11H16F2N4O. The minimum absolute atomic E-state index is 0.0662. The fraction of sp³-hybridized carbons (Fsp3) is 0.545. The number of rotatable bonds is 4. The SMILES string of the molecule is NNc1nc(NCC2CCCC2O)c(F)cc1F. The van der Waals surface area contributed by atoms with Crippen LogP contribution in [0.1, 0.15) is 19.3 Å². The zero-order valence-electron chi connectivity index (χ0n) is 9.79. The van der Waals surface area contributed by atoms with Crippen molar-refractivity contribution in [1.29, 1.82) is 0 Å². The average Bonchev–Trinajstić information content (AvgIpc) is 2.74. The van der Waals surface area contributed by atoms with Crippen LogP contribution in [0.3, 0.4) is 0 Å². The maximum Gasteiger partial charge on any atom is 0.178 e. The van der Waals surface area contributed by atoms with Crippen LogP contribution in [0.5, 0.6) is 0 Å². The molecule has 1 aromatic rings. The highest BCUT2D eigenvalue weighted by Crippen LogP contribution is 2.26. The Morgan fingerprint density at radius 2 is 2.06 bits per heavy atom. The van der Waals surface area contributed by atoms with Crippen molar-refractivity contribution in [3.8, 4) is 0 Å². The molecule has 100 valence electrons. The van der Waals surface area contributed by atoms with Crippen molar-refractivity contribution in [2.75, 3.05) is 17.3 Å². The van der Waals surface area contributed by atoms with Crippen molar-refractivity contribution in [2.45, 2.75) is 25.4 Å². The van der Waals surface area contributed by atoms with E-state index in [4.69, 9.17) is 5.84 Å². The molecule has 0 spiro atoms. The second-order valence-electron chi connectivity index (χ2n) is 4.43. The van der Waals surface area contributed by atoms with Crippen molar-refractivity contribution in [1.82, 2.24) is 4.98 Å². The molecule has 1 aliphatic carbocycles. The van der Waals surface area contributed by atoms with Crippen molar-refractivity contribution in [2.24, 2.45) is 11.8 Å². The van der Waals surface area contributed by atoms with E-state index in [0.29, 0.717) is 6.54 Å². The van der Waals surface area contributed by atoms with Gasteiger partial charge >= 0.3 is 0 Å². The third-order valence-corrected chi connectivity index (χ3v) is 3.22. The number of aromatic nitrogens is 1. The number of hydrogen-bond donors (Lipinski definition) is 4. The number of nitrogen functional groups attached to an aromatic ring is 1. The topological polar surface area (TPSA) is 83.2 Å². The van der Waals surface area contributed by atoms with Gasteiger partial charge in [0.15, 0.2) is 23.3 Å². The summed E-state index contributed by atoms with van der Waals surface area (Å²) in [7, 11) is 0. The van der Waals surface area contributed by atoms with Crippen molar-refractivity contribution in [3.63, 3.8) is 0 Å². The monoisotopic (exact) mass is 258 g/mol. The minimum Gasteiger partial charge on any atom is -0.393 e. The summed E-state index contributed by atoms with van der Waals surface area (Å²) in [5, 5.41) is 12.4. The summed E-state index contributed by atoms with van der Waals surface area (Å²) >= 11 is 0. The van der Waals surface area contributed by atoms with Crippen LogP contribution in [0, 0.1) is 17.6 Å². The number of aliphatic hydroxyl groups excluding tert-OH is 1. The molecule has 5 N–H and O–H groups in total. The van der Waals surface area contributed by atoms with Gasteiger partial charge in [-0.05, 0) is 12.8 Å². The van der Waals surface area contributed by atoms with Gasteiger partial charge in [0.1, 0.15) is 0 Å². The molecule has 0 aromatic carbocycles. The first-order chi connectivity index (χ1) is 8.61. The van der Waals surface area contributed by atoms with E-state index >= 15 is 0 Å². The molecule has 0 radical (unpaired) electrons. The molecule has 1 aliphatic rings. The van der Waals surface area contributed by atoms with Gasteiger partial charge in [-0.1, -0.05) is 6.42 Å². The van der Waals surface area contributed by atoms with E-state index in [0.717, 1.165) is 25.3 Å². The van der Waals surface area contributed by atoms with Gasteiger partial charge in [0.05, 0.1) is 6.10 Å². The van der Waals surface area contributed by atoms with Gasteiger partial charge in [0.2, 0.25) is 0 Å². The molecule has 1 heterocycles. The van der Waals surface area contributed by atoms with E-state index in [-0.39, 0.29) is 23.7 Å². The number of nitrogens with zero attached hydrogens (tertiary/aromatic N) is 1. The highest BCUT2D eigenvalue weighted by Gasteiger charge is 2.25. The van der Waals surface area contributed by atoms with Gasteiger partial charge in [-0.2, -0.15) is 0 Å². The number of pyridine rings is 1. The Morgan fingerprint density at radius 3 is 2.67 bits per heavy atom.